The molecule has 0 atom stereocenters. The van der Waals surface area contributed by atoms with Gasteiger partial charge in [-0.25, -0.2) is 0 Å². The summed E-state index contributed by atoms with van der Waals surface area (Å²) in [5, 5.41) is 18.7. The van der Waals surface area contributed by atoms with Crippen LogP contribution in [0, 0.1) is 13.8 Å². The normalized spacial score (nSPS) is 9.76. The highest BCUT2D eigenvalue weighted by molar-refractivity contribution is 5.72. The van der Waals surface area contributed by atoms with Gasteiger partial charge >= 0.3 is 0 Å². The van der Waals surface area contributed by atoms with Crippen molar-refractivity contribution in [3.8, 4) is 22.6 Å². The lowest BCUT2D eigenvalue weighted by Gasteiger charge is -2.10. The van der Waals surface area contributed by atoms with Gasteiger partial charge < -0.3 is 15.7 Å². The maximum absolute atomic E-state index is 9.47. The van der Waals surface area contributed by atoms with E-state index in [1.807, 2.05) is 26.0 Å². The SMILES string of the molecule is Cc1cc(O)cc(C)c1-c1ccc(O)cc1.O. The van der Waals surface area contributed by atoms with Crippen molar-refractivity contribution < 1.29 is 15.7 Å². The van der Waals surface area contributed by atoms with E-state index in [4.69, 9.17) is 0 Å². The molecule has 0 unspecified atom stereocenters. The van der Waals surface area contributed by atoms with Gasteiger partial charge in [-0.05, 0) is 60.4 Å². The summed E-state index contributed by atoms with van der Waals surface area (Å²) in [5.41, 5.74) is 4.22. The number of aryl methyl sites for hydroxylation is 2. The third kappa shape index (κ3) is 2.57. The molecule has 90 valence electrons. The van der Waals surface area contributed by atoms with Gasteiger partial charge in [-0.3, -0.25) is 0 Å². The first kappa shape index (κ1) is 13.1. The Morgan fingerprint density at radius 2 is 1.24 bits per heavy atom. The summed E-state index contributed by atoms with van der Waals surface area (Å²) in [6.45, 7) is 3.93. The van der Waals surface area contributed by atoms with E-state index < -0.39 is 0 Å². The molecule has 0 aliphatic rings. The summed E-state index contributed by atoms with van der Waals surface area (Å²) in [7, 11) is 0. The second-order valence-electron chi connectivity index (χ2n) is 4.00. The maximum atomic E-state index is 9.47. The molecule has 2 rings (SSSR count). The molecule has 0 aliphatic carbocycles. The summed E-state index contributed by atoms with van der Waals surface area (Å²) in [6, 6.07) is 10.6. The van der Waals surface area contributed by atoms with Gasteiger partial charge in [-0.15, -0.1) is 0 Å². The Hall–Kier alpha value is -2.00. The van der Waals surface area contributed by atoms with Crippen LogP contribution in [-0.4, -0.2) is 15.7 Å². The molecule has 3 heteroatoms. The number of phenols is 2. The summed E-state index contributed by atoms with van der Waals surface area (Å²) < 4.78 is 0. The summed E-state index contributed by atoms with van der Waals surface area (Å²) in [6.07, 6.45) is 0. The van der Waals surface area contributed by atoms with E-state index in [9.17, 15) is 10.2 Å². The molecule has 0 saturated heterocycles. The molecule has 0 bridgehead atoms. The van der Waals surface area contributed by atoms with Crippen LogP contribution in [0.1, 0.15) is 11.1 Å². The number of hydrogen-bond donors (Lipinski definition) is 2. The quantitative estimate of drug-likeness (QED) is 0.793. The van der Waals surface area contributed by atoms with E-state index in [2.05, 4.69) is 0 Å². The lowest BCUT2D eigenvalue weighted by atomic mass is 9.95. The van der Waals surface area contributed by atoms with Crippen molar-refractivity contribution in [3.63, 3.8) is 0 Å². The van der Waals surface area contributed by atoms with Gasteiger partial charge in [0.15, 0.2) is 0 Å². The summed E-state index contributed by atoms with van der Waals surface area (Å²) in [4.78, 5) is 0. The van der Waals surface area contributed by atoms with Gasteiger partial charge in [0, 0.05) is 0 Å². The Kier molecular flexibility index (Phi) is 3.76. The lowest BCUT2D eigenvalue weighted by Crippen LogP contribution is -1.87. The minimum Gasteiger partial charge on any atom is -0.508 e. The van der Waals surface area contributed by atoms with Crippen molar-refractivity contribution >= 4 is 0 Å². The van der Waals surface area contributed by atoms with Crippen LogP contribution in [0.25, 0.3) is 11.1 Å². The smallest absolute Gasteiger partial charge is 0.116 e. The van der Waals surface area contributed by atoms with Crippen molar-refractivity contribution in [2.75, 3.05) is 0 Å². The second kappa shape index (κ2) is 4.89. The van der Waals surface area contributed by atoms with Crippen LogP contribution in [0.4, 0.5) is 0 Å². The zero-order chi connectivity index (χ0) is 11.7. The average molecular weight is 232 g/mol. The van der Waals surface area contributed by atoms with Crippen molar-refractivity contribution in [2.24, 2.45) is 0 Å². The molecule has 0 spiro atoms. The van der Waals surface area contributed by atoms with Crippen LogP contribution >= 0.6 is 0 Å². The van der Waals surface area contributed by atoms with E-state index in [0.29, 0.717) is 0 Å². The fourth-order valence-electron chi connectivity index (χ4n) is 2.02. The summed E-state index contributed by atoms with van der Waals surface area (Å²) in [5.74, 6) is 0.551. The molecule has 0 amide bonds. The van der Waals surface area contributed by atoms with Crippen molar-refractivity contribution in [3.05, 3.63) is 47.5 Å². The predicted octanol–water partition coefficient (Wildman–Crippen LogP) is 2.56. The Labute approximate surface area is 100 Å². The van der Waals surface area contributed by atoms with Crippen molar-refractivity contribution in [1.82, 2.24) is 0 Å². The fourth-order valence-corrected chi connectivity index (χ4v) is 2.02. The topological polar surface area (TPSA) is 72.0 Å². The number of phenolic OH excluding ortho intramolecular Hbond substituents is 2. The Balaban J connectivity index is 0.00000144. The molecular weight excluding hydrogens is 216 g/mol. The number of rotatable bonds is 1. The van der Waals surface area contributed by atoms with Gasteiger partial charge in [0.05, 0.1) is 0 Å². The molecule has 4 N–H and O–H groups in total. The van der Waals surface area contributed by atoms with Crippen LogP contribution in [0.2, 0.25) is 0 Å². The molecular formula is C14H16O3. The minimum atomic E-state index is 0. The number of aromatic hydroxyl groups is 2. The maximum Gasteiger partial charge on any atom is 0.116 e. The van der Waals surface area contributed by atoms with Gasteiger partial charge in [-0.1, -0.05) is 12.1 Å². The van der Waals surface area contributed by atoms with Gasteiger partial charge in [0.1, 0.15) is 11.5 Å². The highest BCUT2D eigenvalue weighted by atomic mass is 16.3. The zero-order valence-corrected chi connectivity index (χ0v) is 9.86. The first-order valence-electron chi connectivity index (χ1n) is 5.17. The predicted molar refractivity (Wildman–Crippen MR) is 68.3 cm³/mol. The van der Waals surface area contributed by atoms with Crippen LogP contribution in [0.5, 0.6) is 11.5 Å². The molecule has 2 aromatic carbocycles. The monoisotopic (exact) mass is 232 g/mol. The fraction of sp³-hybridized carbons (Fsp3) is 0.143. The highest BCUT2D eigenvalue weighted by Gasteiger charge is 2.07. The molecule has 0 aromatic heterocycles. The third-order valence-electron chi connectivity index (χ3n) is 2.67. The molecule has 17 heavy (non-hydrogen) atoms. The standard InChI is InChI=1S/C14H14O2.H2O/c1-9-7-13(16)8-10(2)14(9)11-3-5-12(15)6-4-11;/h3-8,15-16H,1-2H3;1H2. The third-order valence-corrected chi connectivity index (χ3v) is 2.67. The molecule has 0 saturated carbocycles. The van der Waals surface area contributed by atoms with Gasteiger partial charge in [-0.2, -0.15) is 0 Å². The first-order chi connectivity index (χ1) is 7.58. The van der Waals surface area contributed by atoms with Crippen molar-refractivity contribution in [2.45, 2.75) is 13.8 Å². The second-order valence-corrected chi connectivity index (χ2v) is 4.00. The molecule has 0 heterocycles. The number of benzene rings is 2. The molecule has 0 radical (unpaired) electrons. The Bertz CT molecular complexity index is 492. The summed E-state index contributed by atoms with van der Waals surface area (Å²) >= 11 is 0. The van der Waals surface area contributed by atoms with E-state index in [0.717, 1.165) is 22.3 Å². The molecule has 3 nitrogen and oxygen atoms in total. The van der Waals surface area contributed by atoms with Crippen molar-refractivity contribution in [1.29, 1.82) is 0 Å². The zero-order valence-electron chi connectivity index (χ0n) is 9.86. The van der Waals surface area contributed by atoms with Crippen LogP contribution in [0.3, 0.4) is 0 Å². The lowest BCUT2D eigenvalue weighted by molar-refractivity contribution is 0.474. The Morgan fingerprint density at radius 3 is 1.71 bits per heavy atom. The average Bonchev–Trinajstić information content (AvgIpc) is 2.19. The Morgan fingerprint density at radius 1 is 0.765 bits per heavy atom. The van der Waals surface area contributed by atoms with Crippen LogP contribution < -0.4 is 0 Å². The highest BCUT2D eigenvalue weighted by Crippen LogP contribution is 2.31. The van der Waals surface area contributed by atoms with Crippen LogP contribution in [0.15, 0.2) is 36.4 Å². The molecule has 0 fully saturated rings. The van der Waals surface area contributed by atoms with Gasteiger partial charge in [0.25, 0.3) is 0 Å². The first-order valence-corrected chi connectivity index (χ1v) is 5.17. The van der Waals surface area contributed by atoms with Gasteiger partial charge in [0.2, 0.25) is 0 Å². The number of hydrogen-bond acceptors (Lipinski definition) is 2. The largest absolute Gasteiger partial charge is 0.508 e. The van der Waals surface area contributed by atoms with E-state index in [-0.39, 0.29) is 17.0 Å². The van der Waals surface area contributed by atoms with E-state index in [1.54, 1.807) is 24.3 Å². The van der Waals surface area contributed by atoms with E-state index in [1.165, 1.54) is 0 Å². The minimum absolute atomic E-state index is 0. The van der Waals surface area contributed by atoms with E-state index >= 15 is 0 Å². The molecule has 2 aromatic rings. The molecule has 0 aliphatic heterocycles. The van der Waals surface area contributed by atoms with Crippen LogP contribution in [-0.2, 0) is 0 Å².